The van der Waals surface area contributed by atoms with Crippen LogP contribution in [0, 0.1) is 0 Å². The molecule has 0 fully saturated rings. The number of thiophene rings is 1. The van der Waals surface area contributed by atoms with Gasteiger partial charge >= 0.3 is 5.97 Å². The maximum atomic E-state index is 11.7. The minimum absolute atomic E-state index is 0.0435. The molecule has 7 nitrogen and oxygen atoms in total. The van der Waals surface area contributed by atoms with Crippen molar-refractivity contribution in [3.8, 4) is 5.75 Å². The Kier molecular flexibility index (Phi) is 8.71. The third kappa shape index (κ3) is 6.04. The molecule has 1 N–H and O–H groups in total. The molecule has 1 aliphatic rings. The number of ether oxygens (including phenoxy) is 3. The molecule has 8 heteroatoms. The number of rotatable bonds is 12. The fourth-order valence-corrected chi connectivity index (χ4v) is 5.44. The van der Waals surface area contributed by atoms with Crippen molar-refractivity contribution in [2.75, 3.05) is 32.2 Å². The van der Waals surface area contributed by atoms with Crippen molar-refractivity contribution in [3.63, 3.8) is 0 Å². The quantitative estimate of drug-likeness (QED) is 0.284. The van der Waals surface area contributed by atoms with Crippen LogP contribution in [-0.2, 0) is 40.1 Å². The number of fused-ring (bicyclic) bond motifs is 3. The molecule has 34 heavy (non-hydrogen) atoms. The smallest absolute Gasteiger partial charge is 0.332 e. The van der Waals surface area contributed by atoms with Gasteiger partial charge in [-0.2, -0.15) is 0 Å². The van der Waals surface area contributed by atoms with Crippen LogP contribution in [0.25, 0.3) is 10.2 Å². The molecule has 0 aliphatic heterocycles. The molecule has 182 valence electrons. The van der Waals surface area contributed by atoms with E-state index in [0.717, 1.165) is 53.0 Å². The van der Waals surface area contributed by atoms with Gasteiger partial charge < -0.3 is 19.5 Å². The van der Waals surface area contributed by atoms with Crippen molar-refractivity contribution < 1.29 is 19.0 Å². The lowest BCUT2D eigenvalue weighted by atomic mass is 9.97. The third-order valence-electron chi connectivity index (χ3n) is 5.95. The van der Waals surface area contributed by atoms with Gasteiger partial charge in [-0.05, 0) is 43.7 Å². The highest BCUT2D eigenvalue weighted by atomic mass is 32.1. The van der Waals surface area contributed by atoms with Crippen LogP contribution in [-0.4, -0.2) is 42.9 Å². The molecule has 3 aromatic rings. The molecule has 4 rings (SSSR count). The number of nitrogens with one attached hydrogen (secondary N) is 1. The average Bonchev–Trinajstić information content (AvgIpc) is 3.24. The highest BCUT2D eigenvalue weighted by molar-refractivity contribution is 7.19. The maximum Gasteiger partial charge on any atom is 0.332 e. The Bertz CT molecular complexity index is 1110. The van der Waals surface area contributed by atoms with Crippen LogP contribution in [0.5, 0.6) is 5.75 Å². The summed E-state index contributed by atoms with van der Waals surface area (Å²) in [7, 11) is 1.69. The summed E-state index contributed by atoms with van der Waals surface area (Å²) in [4.78, 5) is 23.9. The van der Waals surface area contributed by atoms with Gasteiger partial charge in [0, 0.05) is 23.4 Å². The van der Waals surface area contributed by atoms with E-state index >= 15 is 0 Å². The fourth-order valence-electron chi connectivity index (χ4n) is 4.16. The van der Waals surface area contributed by atoms with Gasteiger partial charge in [0.1, 0.15) is 28.8 Å². The number of aromatic nitrogens is 2. The summed E-state index contributed by atoms with van der Waals surface area (Å²) >= 11 is 1.78. The lowest BCUT2D eigenvalue weighted by Crippen LogP contribution is -2.15. The molecular formula is C26H33N3O4S. The standard InChI is InChI=1S/C26H33N3O4S/c1-3-4-14-33-23(30)17-32-15-13-22-28-25(27-16-18-9-5-7-11-20(18)31-2)24-19-10-6-8-12-21(19)34-26(24)29-22/h5,7,9,11H,3-4,6,8,10,12-17H2,1-2H3,(H,27,28,29). The largest absolute Gasteiger partial charge is 0.496 e. The van der Waals surface area contributed by atoms with Crippen molar-refractivity contribution in [1.29, 1.82) is 0 Å². The molecule has 2 heterocycles. The van der Waals surface area contributed by atoms with Gasteiger partial charge in [-0.25, -0.2) is 14.8 Å². The van der Waals surface area contributed by atoms with Crippen LogP contribution in [0.2, 0.25) is 0 Å². The summed E-state index contributed by atoms with van der Waals surface area (Å²) in [6.07, 6.45) is 7.01. The van der Waals surface area contributed by atoms with Gasteiger partial charge in [-0.3, -0.25) is 0 Å². The van der Waals surface area contributed by atoms with Crippen molar-refractivity contribution in [3.05, 3.63) is 46.1 Å². The Balaban J connectivity index is 1.48. The number of benzene rings is 1. The zero-order valence-corrected chi connectivity index (χ0v) is 20.8. The lowest BCUT2D eigenvalue weighted by molar-refractivity contribution is -0.149. The average molecular weight is 484 g/mol. The van der Waals surface area contributed by atoms with Crippen molar-refractivity contribution >= 4 is 33.3 Å². The second kappa shape index (κ2) is 12.1. The Morgan fingerprint density at radius 2 is 2.00 bits per heavy atom. The van der Waals surface area contributed by atoms with E-state index in [2.05, 4.69) is 18.3 Å². The SMILES string of the molecule is CCCCOC(=O)COCCc1nc(NCc2ccccc2OC)c2c3c(sc2n1)CCCC3. The predicted molar refractivity (Wildman–Crippen MR) is 135 cm³/mol. The molecule has 1 aromatic carbocycles. The van der Waals surface area contributed by atoms with Gasteiger partial charge in [0.05, 0.1) is 25.7 Å². The number of esters is 1. The van der Waals surface area contributed by atoms with Crippen molar-refractivity contribution in [1.82, 2.24) is 9.97 Å². The van der Waals surface area contributed by atoms with E-state index < -0.39 is 0 Å². The zero-order chi connectivity index (χ0) is 23.8. The van der Waals surface area contributed by atoms with Gasteiger partial charge in [0.15, 0.2) is 0 Å². The minimum Gasteiger partial charge on any atom is -0.496 e. The molecule has 0 saturated heterocycles. The highest BCUT2D eigenvalue weighted by Gasteiger charge is 2.21. The molecule has 0 spiro atoms. The van der Waals surface area contributed by atoms with Gasteiger partial charge in [-0.15, -0.1) is 11.3 Å². The van der Waals surface area contributed by atoms with Gasteiger partial charge in [0.25, 0.3) is 0 Å². The van der Waals surface area contributed by atoms with E-state index in [1.165, 1.54) is 23.3 Å². The monoisotopic (exact) mass is 483 g/mol. The van der Waals surface area contributed by atoms with E-state index in [9.17, 15) is 4.79 Å². The van der Waals surface area contributed by atoms with E-state index in [4.69, 9.17) is 24.2 Å². The Labute approximate surface area is 204 Å². The molecule has 0 unspecified atom stereocenters. The van der Waals surface area contributed by atoms with Crippen LogP contribution in [0.1, 0.15) is 54.4 Å². The van der Waals surface area contributed by atoms with Crippen LogP contribution in [0.3, 0.4) is 0 Å². The molecular weight excluding hydrogens is 450 g/mol. The number of hydrogen-bond acceptors (Lipinski definition) is 8. The first-order valence-corrected chi connectivity index (χ1v) is 12.9. The van der Waals surface area contributed by atoms with E-state index in [0.29, 0.717) is 32.0 Å². The Morgan fingerprint density at radius 1 is 1.15 bits per heavy atom. The first kappa shape index (κ1) is 24.4. The summed E-state index contributed by atoms with van der Waals surface area (Å²) in [5.41, 5.74) is 2.47. The maximum absolute atomic E-state index is 11.7. The summed E-state index contributed by atoms with van der Waals surface area (Å²) < 4.78 is 16.2. The number of unbranched alkanes of at least 4 members (excludes halogenated alkanes) is 1. The molecule has 0 atom stereocenters. The second-order valence-electron chi connectivity index (χ2n) is 8.42. The number of anilines is 1. The van der Waals surface area contributed by atoms with Crippen molar-refractivity contribution in [2.45, 2.75) is 58.4 Å². The summed E-state index contributed by atoms with van der Waals surface area (Å²) in [6.45, 7) is 3.44. The summed E-state index contributed by atoms with van der Waals surface area (Å²) in [6, 6.07) is 8.01. The normalized spacial score (nSPS) is 13.0. The summed E-state index contributed by atoms with van der Waals surface area (Å²) in [5.74, 6) is 2.11. The number of carbonyl (C=O) groups is 1. The topological polar surface area (TPSA) is 82.6 Å². The number of carbonyl (C=O) groups excluding carboxylic acids is 1. The van der Waals surface area contributed by atoms with E-state index in [1.54, 1.807) is 18.4 Å². The second-order valence-corrected chi connectivity index (χ2v) is 9.51. The number of nitrogens with zero attached hydrogens (tertiary/aromatic N) is 2. The Hall–Kier alpha value is -2.71. The molecule has 1 aliphatic carbocycles. The minimum atomic E-state index is -0.324. The molecule has 0 amide bonds. The third-order valence-corrected chi connectivity index (χ3v) is 7.14. The number of methoxy groups -OCH3 is 1. The summed E-state index contributed by atoms with van der Waals surface area (Å²) in [5, 5.41) is 4.70. The molecule has 0 saturated carbocycles. The fraction of sp³-hybridized carbons (Fsp3) is 0.500. The van der Waals surface area contributed by atoms with Crippen molar-refractivity contribution in [2.24, 2.45) is 0 Å². The predicted octanol–water partition coefficient (Wildman–Crippen LogP) is 5.09. The van der Waals surface area contributed by atoms with Gasteiger partial charge in [-0.1, -0.05) is 31.5 Å². The van der Waals surface area contributed by atoms with Crippen LogP contribution < -0.4 is 10.1 Å². The van der Waals surface area contributed by atoms with E-state index in [1.807, 2.05) is 18.2 Å². The first-order valence-electron chi connectivity index (χ1n) is 12.1. The van der Waals surface area contributed by atoms with Gasteiger partial charge in [0.2, 0.25) is 0 Å². The number of aryl methyl sites for hydroxylation is 2. The number of para-hydroxylation sites is 1. The zero-order valence-electron chi connectivity index (χ0n) is 20.0. The van der Waals surface area contributed by atoms with E-state index in [-0.39, 0.29) is 12.6 Å². The van der Waals surface area contributed by atoms with Crippen LogP contribution in [0.15, 0.2) is 24.3 Å². The first-order chi connectivity index (χ1) is 16.7. The lowest BCUT2D eigenvalue weighted by Gasteiger charge is -2.14. The number of hydrogen-bond donors (Lipinski definition) is 1. The molecule has 0 bridgehead atoms. The Morgan fingerprint density at radius 3 is 2.85 bits per heavy atom. The highest BCUT2D eigenvalue weighted by Crippen LogP contribution is 2.39. The van der Waals surface area contributed by atoms with Crippen LogP contribution in [0.4, 0.5) is 5.82 Å². The molecule has 0 radical (unpaired) electrons. The molecule has 2 aromatic heterocycles. The van der Waals surface area contributed by atoms with Crippen LogP contribution >= 0.6 is 11.3 Å².